The van der Waals surface area contributed by atoms with Gasteiger partial charge in [0.15, 0.2) is 16.3 Å². The van der Waals surface area contributed by atoms with Crippen molar-refractivity contribution in [1.82, 2.24) is 4.57 Å². The SMILES string of the molecule is C#CCOc1c(/C=c2\sc3n(c2=O)[C@@H](c2ccc(C)cc2)C(C(=O)OCC)=C(C)N=3)cc(I)cc1OC. The van der Waals surface area contributed by atoms with Gasteiger partial charge in [-0.1, -0.05) is 47.1 Å². The number of esters is 1. The van der Waals surface area contributed by atoms with Crippen LogP contribution in [0.15, 0.2) is 57.5 Å². The largest absolute Gasteiger partial charge is 0.493 e. The van der Waals surface area contributed by atoms with E-state index in [1.54, 1.807) is 31.6 Å². The third kappa shape index (κ3) is 5.36. The van der Waals surface area contributed by atoms with E-state index in [2.05, 4.69) is 33.5 Å². The molecular weight excluding hydrogens is 603 g/mol. The highest BCUT2D eigenvalue weighted by atomic mass is 127. The van der Waals surface area contributed by atoms with Crippen molar-refractivity contribution in [2.24, 2.45) is 4.99 Å². The number of methoxy groups -OCH3 is 1. The maximum absolute atomic E-state index is 13.9. The third-order valence-electron chi connectivity index (χ3n) is 5.76. The number of ether oxygens (including phenoxy) is 3. The number of carbonyl (C=O) groups is 1. The summed E-state index contributed by atoms with van der Waals surface area (Å²) in [6.07, 6.45) is 7.15. The lowest BCUT2D eigenvalue weighted by atomic mass is 9.95. The molecule has 2 heterocycles. The molecule has 1 aromatic heterocycles. The zero-order chi connectivity index (χ0) is 26.7. The number of hydrogen-bond donors (Lipinski definition) is 0. The molecule has 0 fully saturated rings. The summed E-state index contributed by atoms with van der Waals surface area (Å²) in [5.41, 5.74) is 3.11. The predicted molar refractivity (Wildman–Crippen MR) is 152 cm³/mol. The first-order valence-corrected chi connectivity index (χ1v) is 13.4. The Hall–Kier alpha value is -3.36. The van der Waals surface area contributed by atoms with E-state index in [1.165, 1.54) is 11.3 Å². The molecule has 0 unspecified atom stereocenters. The molecular formula is C28H25IN2O5S. The van der Waals surface area contributed by atoms with E-state index in [0.29, 0.717) is 37.7 Å². The van der Waals surface area contributed by atoms with Crippen LogP contribution in [0.4, 0.5) is 0 Å². The van der Waals surface area contributed by atoms with E-state index in [9.17, 15) is 9.59 Å². The number of allylic oxidation sites excluding steroid dienone is 1. The molecule has 0 bridgehead atoms. The van der Waals surface area contributed by atoms with Gasteiger partial charge in [-0.25, -0.2) is 9.79 Å². The lowest BCUT2D eigenvalue weighted by Gasteiger charge is -2.24. The van der Waals surface area contributed by atoms with Crippen molar-refractivity contribution in [3.8, 4) is 23.8 Å². The van der Waals surface area contributed by atoms with Crippen LogP contribution in [-0.2, 0) is 9.53 Å². The first-order valence-electron chi connectivity index (χ1n) is 11.5. The normalized spacial score (nSPS) is 15.0. The molecule has 0 N–H and O–H groups in total. The summed E-state index contributed by atoms with van der Waals surface area (Å²) in [7, 11) is 1.55. The monoisotopic (exact) mass is 628 g/mol. The fourth-order valence-corrected chi connectivity index (χ4v) is 5.77. The van der Waals surface area contributed by atoms with Crippen molar-refractivity contribution in [2.45, 2.75) is 26.8 Å². The van der Waals surface area contributed by atoms with Gasteiger partial charge in [0.1, 0.15) is 6.61 Å². The van der Waals surface area contributed by atoms with Crippen molar-refractivity contribution in [1.29, 1.82) is 0 Å². The van der Waals surface area contributed by atoms with Gasteiger partial charge >= 0.3 is 5.97 Å². The van der Waals surface area contributed by atoms with Gasteiger partial charge in [-0.3, -0.25) is 9.36 Å². The maximum Gasteiger partial charge on any atom is 0.338 e. The Morgan fingerprint density at radius 3 is 2.65 bits per heavy atom. The minimum atomic E-state index is -0.666. The van der Waals surface area contributed by atoms with Crippen molar-refractivity contribution in [3.63, 3.8) is 0 Å². The van der Waals surface area contributed by atoms with Gasteiger partial charge in [0, 0.05) is 9.13 Å². The zero-order valence-electron chi connectivity index (χ0n) is 20.8. The number of thiazole rings is 1. The molecule has 4 rings (SSSR count). The highest BCUT2D eigenvalue weighted by Gasteiger charge is 2.33. The molecule has 0 spiro atoms. The highest BCUT2D eigenvalue weighted by Crippen LogP contribution is 2.34. The fraction of sp³-hybridized carbons (Fsp3) is 0.250. The van der Waals surface area contributed by atoms with E-state index in [1.807, 2.05) is 43.3 Å². The van der Waals surface area contributed by atoms with Gasteiger partial charge in [0.2, 0.25) is 0 Å². The molecule has 190 valence electrons. The van der Waals surface area contributed by atoms with E-state index >= 15 is 0 Å². The molecule has 0 saturated heterocycles. The second kappa shape index (κ2) is 11.4. The Kier molecular flexibility index (Phi) is 8.19. The quantitative estimate of drug-likeness (QED) is 0.227. The van der Waals surface area contributed by atoms with E-state index in [0.717, 1.165) is 14.7 Å². The van der Waals surface area contributed by atoms with Crippen LogP contribution >= 0.6 is 33.9 Å². The number of terminal acetylenes is 1. The summed E-state index contributed by atoms with van der Waals surface area (Å²) < 4.78 is 19.5. The molecule has 0 amide bonds. The lowest BCUT2D eigenvalue weighted by molar-refractivity contribution is -0.139. The molecule has 1 aliphatic rings. The van der Waals surface area contributed by atoms with Crippen molar-refractivity contribution in [2.75, 3.05) is 20.3 Å². The Morgan fingerprint density at radius 2 is 2.00 bits per heavy atom. The van der Waals surface area contributed by atoms with Crippen LogP contribution in [0.5, 0.6) is 11.5 Å². The van der Waals surface area contributed by atoms with E-state index in [-0.39, 0.29) is 18.8 Å². The molecule has 1 atom stereocenters. The second-order valence-corrected chi connectivity index (χ2v) is 10.5. The van der Waals surface area contributed by atoms with Gasteiger partial charge in [0.05, 0.1) is 35.6 Å². The van der Waals surface area contributed by atoms with Crippen LogP contribution in [0.25, 0.3) is 6.08 Å². The van der Waals surface area contributed by atoms with Crippen molar-refractivity contribution < 1.29 is 19.0 Å². The predicted octanol–water partition coefficient (Wildman–Crippen LogP) is 3.73. The van der Waals surface area contributed by atoms with Gasteiger partial charge in [-0.2, -0.15) is 0 Å². The van der Waals surface area contributed by atoms with Crippen LogP contribution in [0.2, 0.25) is 0 Å². The molecule has 7 nitrogen and oxygen atoms in total. The molecule has 1 aliphatic heterocycles. The topological polar surface area (TPSA) is 79.1 Å². The van der Waals surface area contributed by atoms with Crippen molar-refractivity contribution in [3.05, 3.63) is 87.6 Å². The molecule has 37 heavy (non-hydrogen) atoms. The van der Waals surface area contributed by atoms with E-state index < -0.39 is 12.0 Å². The first kappa shape index (κ1) is 26.7. The highest BCUT2D eigenvalue weighted by molar-refractivity contribution is 14.1. The Morgan fingerprint density at radius 1 is 1.27 bits per heavy atom. The number of aromatic nitrogens is 1. The number of benzene rings is 2. The lowest BCUT2D eigenvalue weighted by Crippen LogP contribution is -2.39. The number of hydrogen-bond acceptors (Lipinski definition) is 7. The minimum absolute atomic E-state index is 0.0502. The summed E-state index contributed by atoms with van der Waals surface area (Å²) in [5.74, 6) is 2.93. The Bertz CT molecular complexity index is 1610. The molecule has 2 aromatic carbocycles. The standard InChI is InChI=1S/C28H25IN2O5S/c1-6-12-36-25-19(13-20(29)15-21(25)34-5)14-22-26(32)31-24(18-10-8-16(3)9-11-18)23(27(33)35-7-2)17(4)30-28(31)37-22/h1,8-11,13-15,24H,7,12H2,2-5H3/b22-14-/t24-/m0/s1. The molecule has 3 aromatic rings. The fourth-order valence-electron chi connectivity index (χ4n) is 4.11. The van der Waals surface area contributed by atoms with Gasteiger partial charge in [-0.05, 0) is 67.1 Å². The van der Waals surface area contributed by atoms with Crippen LogP contribution in [0.1, 0.15) is 36.6 Å². The van der Waals surface area contributed by atoms with Crippen LogP contribution in [-0.4, -0.2) is 30.9 Å². The Balaban J connectivity index is 1.97. The van der Waals surface area contributed by atoms with E-state index in [4.69, 9.17) is 20.6 Å². The van der Waals surface area contributed by atoms with Gasteiger partial charge in [0.25, 0.3) is 5.56 Å². The second-order valence-electron chi connectivity index (χ2n) is 8.23. The third-order valence-corrected chi connectivity index (χ3v) is 7.37. The summed E-state index contributed by atoms with van der Waals surface area (Å²) in [4.78, 5) is 32.0. The smallest absolute Gasteiger partial charge is 0.338 e. The first-order chi connectivity index (χ1) is 17.8. The number of nitrogens with zero attached hydrogens (tertiary/aromatic N) is 2. The number of aryl methyl sites for hydroxylation is 1. The minimum Gasteiger partial charge on any atom is -0.493 e. The number of rotatable bonds is 7. The Labute approximate surface area is 232 Å². The number of carbonyl (C=O) groups excluding carboxylic acids is 1. The summed E-state index contributed by atoms with van der Waals surface area (Å²) in [6.45, 7) is 5.77. The van der Waals surface area contributed by atoms with Gasteiger partial charge < -0.3 is 14.2 Å². The van der Waals surface area contributed by atoms with Gasteiger partial charge in [-0.15, -0.1) is 6.42 Å². The number of halogens is 1. The summed E-state index contributed by atoms with van der Waals surface area (Å²) in [5, 5.41) is 0. The summed E-state index contributed by atoms with van der Waals surface area (Å²) >= 11 is 3.42. The van der Waals surface area contributed by atoms with Crippen LogP contribution in [0, 0.1) is 22.8 Å². The molecule has 0 aliphatic carbocycles. The number of fused-ring (bicyclic) bond motifs is 1. The maximum atomic E-state index is 13.9. The molecule has 0 saturated carbocycles. The zero-order valence-corrected chi connectivity index (χ0v) is 23.8. The summed E-state index contributed by atoms with van der Waals surface area (Å²) in [6, 6.07) is 10.8. The van der Waals surface area contributed by atoms with Crippen LogP contribution in [0.3, 0.4) is 0 Å². The molecule has 9 heteroatoms. The average molecular weight is 628 g/mol. The van der Waals surface area contributed by atoms with Crippen LogP contribution < -0.4 is 24.4 Å². The van der Waals surface area contributed by atoms with Crippen molar-refractivity contribution >= 4 is 46.0 Å². The molecule has 0 radical (unpaired) electrons. The average Bonchev–Trinajstić information content (AvgIpc) is 3.17.